The molecule has 6 nitrogen and oxygen atoms in total. The second-order valence-corrected chi connectivity index (χ2v) is 3.79. The van der Waals surface area contributed by atoms with E-state index in [2.05, 4.69) is 0 Å². The number of carbonyl (C=O) groups excluding carboxylic acids is 1. The number of furan rings is 1. The van der Waals surface area contributed by atoms with Gasteiger partial charge in [0.15, 0.2) is 5.76 Å². The molecule has 0 fully saturated rings. The van der Waals surface area contributed by atoms with E-state index in [0.717, 1.165) is 0 Å². The smallest absolute Gasteiger partial charge is 0.300 e. The van der Waals surface area contributed by atoms with Crippen molar-refractivity contribution in [1.82, 2.24) is 10.3 Å². The first-order chi connectivity index (χ1) is 7.52. The van der Waals surface area contributed by atoms with Gasteiger partial charge in [0.2, 0.25) is 0 Å². The van der Waals surface area contributed by atoms with Gasteiger partial charge in [0.05, 0.1) is 12.6 Å². The molecular weight excluding hydrogens is 210 g/mol. The maximum atomic E-state index is 11.1. The monoisotopic (exact) mass is 227 g/mol. The summed E-state index contributed by atoms with van der Waals surface area (Å²) in [6, 6.07) is 3.27. The summed E-state index contributed by atoms with van der Waals surface area (Å²) in [5.74, 6) is 5.36. The molecule has 90 valence electrons. The molecule has 0 aliphatic rings. The summed E-state index contributed by atoms with van der Waals surface area (Å²) >= 11 is 0. The molecule has 1 amide bonds. The Morgan fingerprint density at radius 1 is 1.69 bits per heavy atom. The number of nitrogens with one attached hydrogen (secondary N) is 1. The van der Waals surface area contributed by atoms with Crippen LogP contribution in [0.4, 0.5) is 0 Å². The molecule has 1 unspecified atom stereocenters. The zero-order chi connectivity index (χ0) is 12.1. The number of amides is 1. The van der Waals surface area contributed by atoms with E-state index < -0.39 is 12.0 Å². The largest absolute Gasteiger partial charge is 0.455 e. The Hall–Kier alpha value is -1.37. The van der Waals surface area contributed by atoms with Crippen molar-refractivity contribution in [2.45, 2.75) is 19.6 Å². The van der Waals surface area contributed by atoms with Crippen LogP contribution in [0.2, 0.25) is 0 Å². The normalized spacial score (nSPS) is 12.8. The van der Waals surface area contributed by atoms with Crippen molar-refractivity contribution >= 4 is 5.91 Å². The topological polar surface area (TPSA) is 91.7 Å². The molecular formula is C10H17N3O3. The lowest BCUT2D eigenvalue weighted by molar-refractivity contribution is 0.0919. The van der Waals surface area contributed by atoms with Crippen LogP contribution in [0, 0.1) is 0 Å². The van der Waals surface area contributed by atoms with Gasteiger partial charge < -0.3 is 9.52 Å². The van der Waals surface area contributed by atoms with Crippen LogP contribution in [0.5, 0.6) is 0 Å². The van der Waals surface area contributed by atoms with Gasteiger partial charge in [-0.1, -0.05) is 0 Å². The molecule has 1 rings (SSSR count). The highest BCUT2D eigenvalue weighted by Gasteiger charge is 2.11. The van der Waals surface area contributed by atoms with Crippen LogP contribution < -0.4 is 11.3 Å². The third kappa shape index (κ3) is 3.65. The molecule has 0 saturated heterocycles. The van der Waals surface area contributed by atoms with E-state index in [0.29, 0.717) is 18.8 Å². The first kappa shape index (κ1) is 12.7. The number of likely N-dealkylation sites (N-methyl/N-ethyl adjacent to an activating group) is 1. The predicted octanol–water partition coefficient (Wildman–Crippen LogP) is -0.304. The zero-order valence-corrected chi connectivity index (χ0v) is 9.43. The number of nitrogens with zero attached hydrogens (tertiary/aromatic N) is 1. The van der Waals surface area contributed by atoms with E-state index in [1.165, 1.54) is 0 Å². The Morgan fingerprint density at radius 2 is 2.38 bits per heavy atom. The number of rotatable bonds is 5. The highest BCUT2D eigenvalue weighted by molar-refractivity contribution is 5.90. The third-order valence-corrected chi connectivity index (χ3v) is 2.02. The van der Waals surface area contributed by atoms with Crippen molar-refractivity contribution in [3.63, 3.8) is 0 Å². The zero-order valence-electron chi connectivity index (χ0n) is 9.43. The van der Waals surface area contributed by atoms with Gasteiger partial charge in [0, 0.05) is 6.54 Å². The SMILES string of the molecule is CC(O)CN(C)Cc1ccc(C(=O)NN)o1. The molecule has 4 N–H and O–H groups in total. The Kier molecular flexibility index (Phi) is 4.48. The standard InChI is InChI=1S/C10H17N3O3/c1-7(14)5-13(2)6-8-3-4-9(16-8)10(15)12-11/h3-4,7,14H,5-6,11H2,1-2H3,(H,12,15). The quantitative estimate of drug-likeness (QED) is 0.365. The van der Waals surface area contributed by atoms with Crippen LogP contribution >= 0.6 is 0 Å². The number of hydrogen-bond acceptors (Lipinski definition) is 5. The van der Waals surface area contributed by atoms with E-state index >= 15 is 0 Å². The molecule has 0 spiro atoms. The minimum Gasteiger partial charge on any atom is -0.455 e. The molecule has 1 aromatic heterocycles. The fraction of sp³-hybridized carbons (Fsp3) is 0.500. The average molecular weight is 227 g/mol. The lowest BCUT2D eigenvalue weighted by atomic mass is 10.3. The Morgan fingerprint density at radius 3 is 2.94 bits per heavy atom. The summed E-state index contributed by atoms with van der Waals surface area (Å²) < 4.78 is 5.27. The number of nitrogens with two attached hydrogens (primary N) is 1. The minimum absolute atomic E-state index is 0.183. The predicted molar refractivity (Wildman–Crippen MR) is 58.4 cm³/mol. The first-order valence-electron chi connectivity index (χ1n) is 4.99. The van der Waals surface area contributed by atoms with Crippen molar-refractivity contribution in [3.8, 4) is 0 Å². The Labute approximate surface area is 94.0 Å². The maximum Gasteiger partial charge on any atom is 0.300 e. The third-order valence-electron chi connectivity index (χ3n) is 2.02. The number of hydrazine groups is 1. The van der Waals surface area contributed by atoms with Gasteiger partial charge in [0.25, 0.3) is 0 Å². The number of aliphatic hydroxyl groups is 1. The van der Waals surface area contributed by atoms with Gasteiger partial charge in [0.1, 0.15) is 5.76 Å². The average Bonchev–Trinajstić information content (AvgIpc) is 2.63. The van der Waals surface area contributed by atoms with Crippen LogP contribution in [-0.4, -0.2) is 35.6 Å². The van der Waals surface area contributed by atoms with Crippen LogP contribution in [0.3, 0.4) is 0 Å². The van der Waals surface area contributed by atoms with Gasteiger partial charge in [-0.15, -0.1) is 0 Å². The van der Waals surface area contributed by atoms with E-state index in [1.807, 2.05) is 17.4 Å². The second kappa shape index (κ2) is 5.64. The summed E-state index contributed by atoms with van der Waals surface area (Å²) in [4.78, 5) is 13.0. The van der Waals surface area contributed by atoms with Crippen molar-refractivity contribution < 1.29 is 14.3 Å². The highest BCUT2D eigenvalue weighted by atomic mass is 16.4. The van der Waals surface area contributed by atoms with Crippen molar-refractivity contribution in [2.75, 3.05) is 13.6 Å². The van der Waals surface area contributed by atoms with E-state index in [1.54, 1.807) is 19.1 Å². The fourth-order valence-electron chi connectivity index (χ4n) is 1.44. The van der Waals surface area contributed by atoms with E-state index in [-0.39, 0.29) is 5.76 Å². The number of carbonyl (C=O) groups is 1. The molecule has 1 atom stereocenters. The lowest BCUT2D eigenvalue weighted by Gasteiger charge is -2.16. The van der Waals surface area contributed by atoms with E-state index in [9.17, 15) is 9.90 Å². The highest BCUT2D eigenvalue weighted by Crippen LogP contribution is 2.09. The van der Waals surface area contributed by atoms with Crippen LogP contribution in [0.25, 0.3) is 0 Å². The van der Waals surface area contributed by atoms with Crippen LogP contribution in [0.1, 0.15) is 23.2 Å². The molecule has 0 aliphatic carbocycles. The van der Waals surface area contributed by atoms with Crippen LogP contribution in [-0.2, 0) is 6.54 Å². The Balaban J connectivity index is 2.55. The lowest BCUT2D eigenvalue weighted by Crippen LogP contribution is -2.29. The molecule has 1 aromatic rings. The van der Waals surface area contributed by atoms with Crippen molar-refractivity contribution in [3.05, 3.63) is 23.7 Å². The van der Waals surface area contributed by atoms with Crippen molar-refractivity contribution in [2.24, 2.45) is 5.84 Å². The van der Waals surface area contributed by atoms with Gasteiger partial charge in [-0.25, -0.2) is 5.84 Å². The minimum atomic E-state index is -0.454. The molecule has 1 heterocycles. The molecule has 0 aromatic carbocycles. The summed E-state index contributed by atoms with van der Waals surface area (Å²) in [6.07, 6.45) is -0.397. The summed E-state index contributed by atoms with van der Waals surface area (Å²) in [7, 11) is 1.86. The molecule has 0 aliphatic heterocycles. The summed E-state index contributed by atoms with van der Waals surface area (Å²) in [5.41, 5.74) is 1.99. The molecule has 6 heteroatoms. The van der Waals surface area contributed by atoms with Gasteiger partial charge in [-0.3, -0.25) is 15.1 Å². The molecule has 0 radical (unpaired) electrons. The number of nitrogen functional groups attached to an aromatic ring is 1. The molecule has 0 bridgehead atoms. The number of hydrogen-bond donors (Lipinski definition) is 3. The summed E-state index contributed by atoms with van der Waals surface area (Å²) in [5, 5.41) is 9.18. The number of aliphatic hydroxyl groups excluding tert-OH is 1. The molecule has 0 saturated carbocycles. The van der Waals surface area contributed by atoms with Gasteiger partial charge in [-0.2, -0.15) is 0 Å². The fourth-order valence-corrected chi connectivity index (χ4v) is 1.44. The van der Waals surface area contributed by atoms with Gasteiger partial charge >= 0.3 is 5.91 Å². The molecule has 16 heavy (non-hydrogen) atoms. The first-order valence-corrected chi connectivity index (χ1v) is 4.99. The Bertz CT molecular complexity index is 349. The van der Waals surface area contributed by atoms with Crippen LogP contribution in [0.15, 0.2) is 16.5 Å². The summed E-state index contributed by atoms with van der Waals surface area (Å²) in [6.45, 7) is 2.79. The van der Waals surface area contributed by atoms with Crippen molar-refractivity contribution in [1.29, 1.82) is 0 Å². The van der Waals surface area contributed by atoms with E-state index in [4.69, 9.17) is 10.3 Å². The maximum absolute atomic E-state index is 11.1. The second-order valence-electron chi connectivity index (χ2n) is 3.79. The van der Waals surface area contributed by atoms with Gasteiger partial charge in [-0.05, 0) is 26.1 Å².